The minimum atomic E-state index is -2.83. The van der Waals surface area contributed by atoms with Crippen molar-refractivity contribution in [3.05, 3.63) is 60.7 Å². The van der Waals surface area contributed by atoms with E-state index in [9.17, 15) is 9.90 Å². The molecule has 0 aromatic heterocycles. The van der Waals surface area contributed by atoms with Crippen LogP contribution >= 0.6 is 0 Å². The average Bonchev–Trinajstić information content (AvgIpc) is 3.04. The highest BCUT2D eigenvalue weighted by Gasteiger charge is 2.57. The van der Waals surface area contributed by atoms with Crippen LogP contribution in [0.15, 0.2) is 60.7 Å². The Balaban J connectivity index is 1.84. The van der Waals surface area contributed by atoms with Gasteiger partial charge in [-0.1, -0.05) is 137 Å². The molecule has 0 spiro atoms. The number of carbonyl (C=O) groups excluding carboxylic acids is 1. The van der Waals surface area contributed by atoms with Gasteiger partial charge >= 0.3 is 5.97 Å². The third-order valence-electron chi connectivity index (χ3n) is 12.8. The summed E-state index contributed by atoms with van der Waals surface area (Å²) in [4.78, 5) is 12.6. The molecule has 1 unspecified atom stereocenters. The van der Waals surface area contributed by atoms with Crippen LogP contribution in [0.4, 0.5) is 0 Å². The molecule has 0 saturated heterocycles. The van der Waals surface area contributed by atoms with Gasteiger partial charge in [0, 0.05) is 12.7 Å². The lowest BCUT2D eigenvalue weighted by molar-refractivity contribution is -0.149. The fourth-order valence-electron chi connectivity index (χ4n) is 10.9. The number of aliphatic hydroxyl groups is 1. The van der Waals surface area contributed by atoms with Crippen LogP contribution in [0.5, 0.6) is 0 Å². The zero-order valence-electron chi connectivity index (χ0n) is 32.7. The summed E-state index contributed by atoms with van der Waals surface area (Å²) in [5.41, 5.74) is 1.57. The first-order valence-electron chi connectivity index (χ1n) is 19.2. The molecule has 1 N–H and O–H groups in total. The largest absolute Gasteiger partial charge is 0.469 e. The van der Waals surface area contributed by atoms with Gasteiger partial charge in [0.2, 0.25) is 8.32 Å². The summed E-state index contributed by atoms with van der Waals surface area (Å²) in [7, 11) is -3.54. The Labute approximate surface area is 301 Å². The van der Waals surface area contributed by atoms with Gasteiger partial charge in [-0.3, -0.25) is 4.79 Å². The number of hydrogen-bond donors (Lipinski definition) is 1. The van der Waals surface area contributed by atoms with Crippen molar-refractivity contribution >= 4 is 33.0 Å². The van der Waals surface area contributed by atoms with Crippen LogP contribution in [-0.4, -0.2) is 53.6 Å². The van der Waals surface area contributed by atoms with Gasteiger partial charge in [0.05, 0.1) is 19.6 Å². The zero-order valence-corrected chi connectivity index (χ0v) is 34.7. The van der Waals surface area contributed by atoms with Crippen LogP contribution in [0, 0.1) is 35.5 Å². The van der Waals surface area contributed by atoms with Crippen LogP contribution in [0.25, 0.3) is 0 Å². The molecule has 0 aliphatic heterocycles. The first-order chi connectivity index (χ1) is 23.0. The van der Waals surface area contributed by atoms with Crippen LogP contribution in [0.1, 0.15) is 102 Å². The van der Waals surface area contributed by atoms with Gasteiger partial charge in [-0.05, 0) is 86.8 Å². The van der Waals surface area contributed by atoms with Crippen molar-refractivity contribution in [2.75, 3.05) is 13.7 Å². The van der Waals surface area contributed by atoms with Gasteiger partial charge in [0.25, 0.3) is 8.32 Å². The summed E-state index contributed by atoms with van der Waals surface area (Å²) in [5, 5.41) is 14.3. The Morgan fingerprint density at radius 2 is 1.35 bits per heavy atom. The molecule has 2 saturated carbocycles. The van der Waals surface area contributed by atoms with E-state index in [1.807, 2.05) is 0 Å². The van der Waals surface area contributed by atoms with E-state index in [0.29, 0.717) is 41.0 Å². The summed E-state index contributed by atoms with van der Waals surface area (Å²) in [6.07, 6.45) is 2.62. The summed E-state index contributed by atoms with van der Waals surface area (Å²) in [6.45, 7) is 26.6. The molecule has 2 aliphatic carbocycles. The van der Waals surface area contributed by atoms with Crippen LogP contribution in [0.2, 0.25) is 21.7 Å². The monoisotopic (exact) mass is 708 g/mol. The number of esters is 1. The molecule has 5 nitrogen and oxygen atoms in total. The van der Waals surface area contributed by atoms with Gasteiger partial charge in [0.1, 0.15) is 0 Å². The van der Waals surface area contributed by atoms with E-state index in [-0.39, 0.29) is 41.3 Å². The van der Waals surface area contributed by atoms with E-state index < -0.39 is 22.7 Å². The fourth-order valence-corrected chi connectivity index (χ4v) is 21.1. The predicted molar refractivity (Wildman–Crippen MR) is 208 cm³/mol. The first-order valence-corrected chi connectivity index (χ1v) is 23.2. The van der Waals surface area contributed by atoms with E-state index in [1.165, 1.54) is 17.5 Å². The van der Waals surface area contributed by atoms with E-state index in [0.717, 1.165) is 19.3 Å². The molecular formula is C42H68O5Si2. The lowest BCUT2D eigenvalue weighted by atomic mass is 9.53. The SMILES string of the molecule is COC(=O)CC(O)[C@H]1[C@@H](CO[Si](c2ccccc2)(c2ccccc2)C(C)(C)C)[C@H]2[C@@H](C[C@@H]1C)[C@@H](O[Si](C(C)C)(C(C)C)C(C)C)CC[C@@H]2C. The van der Waals surface area contributed by atoms with E-state index in [2.05, 4.69) is 137 Å². The first kappa shape index (κ1) is 40.0. The Kier molecular flexibility index (Phi) is 13.3. The number of carbonyl (C=O) groups is 1. The van der Waals surface area contributed by atoms with E-state index in [4.69, 9.17) is 13.6 Å². The summed E-state index contributed by atoms with van der Waals surface area (Å²) < 4.78 is 20.4. The van der Waals surface area contributed by atoms with Crippen molar-refractivity contribution < 1.29 is 23.5 Å². The summed E-state index contributed by atoms with van der Waals surface area (Å²) in [5.74, 6) is 1.02. The van der Waals surface area contributed by atoms with E-state index >= 15 is 0 Å². The Bertz CT molecular complexity index is 1260. The van der Waals surface area contributed by atoms with Gasteiger partial charge in [-0.25, -0.2) is 0 Å². The molecule has 8 atom stereocenters. The van der Waals surface area contributed by atoms with Gasteiger partial charge in [0.15, 0.2) is 0 Å². The lowest BCUT2D eigenvalue weighted by Gasteiger charge is -2.57. The van der Waals surface area contributed by atoms with Gasteiger partial charge in [-0.15, -0.1) is 0 Å². The number of ether oxygens (including phenoxy) is 1. The summed E-state index contributed by atoms with van der Waals surface area (Å²) in [6, 6.07) is 21.7. The molecule has 274 valence electrons. The number of methoxy groups -OCH3 is 1. The molecule has 2 aliphatic rings. The van der Waals surface area contributed by atoms with Crippen LogP contribution in [0.3, 0.4) is 0 Å². The molecule has 49 heavy (non-hydrogen) atoms. The number of fused-ring (bicyclic) bond motifs is 1. The molecule has 0 amide bonds. The van der Waals surface area contributed by atoms with Crippen LogP contribution in [-0.2, 0) is 18.4 Å². The third kappa shape index (κ3) is 7.86. The molecule has 7 heteroatoms. The van der Waals surface area contributed by atoms with E-state index in [1.54, 1.807) is 0 Å². The standard InChI is InChI=1S/C42H68O5Si2/c1-28(2)48(29(3)4,30(5)6)47-38-24-23-31(7)40-35(38)25-32(8)41(37(43)26-39(44)45-12)36(40)27-46-49(42(9,10)11,33-19-15-13-16-20-33)34-21-17-14-18-22-34/h13-22,28-32,35-38,40-41,43H,23-27H2,1-12H3/t31-,32-,35-,36-,37?,38-,40+,41+/m0/s1. The van der Waals surface area contributed by atoms with Crippen molar-refractivity contribution in [2.24, 2.45) is 35.5 Å². The Morgan fingerprint density at radius 1 is 0.837 bits per heavy atom. The number of benzene rings is 2. The lowest BCUT2D eigenvalue weighted by Crippen LogP contribution is -2.67. The second-order valence-electron chi connectivity index (χ2n) is 17.5. The molecule has 2 aromatic carbocycles. The molecule has 2 aromatic rings. The normalized spacial score (nSPS) is 27.3. The topological polar surface area (TPSA) is 65.0 Å². The minimum Gasteiger partial charge on any atom is -0.469 e. The number of hydrogen-bond acceptors (Lipinski definition) is 5. The molecule has 0 heterocycles. The average molecular weight is 709 g/mol. The highest BCUT2D eigenvalue weighted by atomic mass is 28.4. The number of rotatable bonds is 13. The quantitative estimate of drug-likeness (QED) is 0.166. The fraction of sp³-hybridized carbons (Fsp3) is 0.690. The van der Waals surface area contributed by atoms with Crippen molar-refractivity contribution in [1.82, 2.24) is 0 Å². The molecular weight excluding hydrogens is 641 g/mol. The van der Waals surface area contributed by atoms with Gasteiger partial charge in [-0.2, -0.15) is 0 Å². The Morgan fingerprint density at radius 3 is 1.80 bits per heavy atom. The number of aliphatic hydroxyl groups excluding tert-OH is 1. The van der Waals surface area contributed by atoms with Gasteiger partial charge < -0.3 is 18.7 Å². The van der Waals surface area contributed by atoms with Crippen LogP contribution < -0.4 is 10.4 Å². The highest BCUT2D eigenvalue weighted by Crippen LogP contribution is 2.55. The third-order valence-corrected chi connectivity index (χ3v) is 24.0. The minimum absolute atomic E-state index is 0.0109. The summed E-state index contributed by atoms with van der Waals surface area (Å²) >= 11 is 0. The van der Waals surface area contributed by atoms with Crippen molar-refractivity contribution in [3.8, 4) is 0 Å². The Hall–Kier alpha value is -1.78. The molecule has 2 fully saturated rings. The maximum Gasteiger partial charge on any atom is 0.308 e. The smallest absolute Gasteiger partial charge is 0.308 e. The van der Waals surface area contributed by atoms with Crippen molar-refractivity contribution in [1.29, 1.82) is 0 Å². The molecule has 4 rings (SSSR count). The zero-order chi connectivity index (χ0) is 36.3. The maximum absolute atomic E-state index is 12.6. The molecule has 0 bridgehead atoms. The highest BCUT2D eigenvalue weighted by molar-refractivity contribution is 6.99. The second kappa shape index (κ2) is 16.3. The molecule has 0 radical (unpaired) electrons. The van der Waals surface area contributed by atoms with Crippen molar-refractivity contribution in [3.63, 3.8) is 0 Å². The second-order valence-corrected chi connectivity index (χ2v) is 27.3. The maximum atomic E-state index is 12.6. The predicted octanol–water partition coefficient (Wildman–Crippen LogP) is 8.98. The van der Waals surface area contributed by atoms with Crippen molar-refractivity contribution in [2.45, 2.75) is 136 Å².